The average molecular weight is 177 g/mol. The quantitative estimate of drug-likeness (QED) is 0.533. The zero-order valence-electron chi connectivity index (χ0n) is 5.90. The molecule has 0 unspecified atom stereocenters. The van der Waals surface area contributed by atoms with Gasteiger partial charge in [-0.2, -0.15) is 15.0 Å². The lowest BCUT2D eigenvalue weighted by molar-refractivity contribution is 1.07. The molecule has 0 aliphatic heterocycles. The molecular formula is C4H9ClN6. The monoisotopic (exact) mass is 176 g/mol. The van der Waals surface area contributed by atoms with E-state index in [4.69, 9.17) is 11.5 Å². The van der Waals surface area contributed by atoms with Crippen molar-refractivity contribution in [2.75, 3.05) is 23.8 Å². The Bertz CT molecular complexity index is 218. The minimum absolute atomic E-state index is 0. The van der Waals surface area contributed by atoms with Gasteiger partial charge in [-0.1, -0.05) is 0 Å². The van der Waals surface area contributed by atoms with Gasteiger partial charge in [0.1, 0.15) is 0 Å². The second-order valence-corrected chi connectivity index (χ2v) is 1.63. The number of nitrogen functional groups attached to an aromatic ring is 2. The van der Waals surface area contributed by atoms with Gasteiger partial charge in [0, 0.05) is 7.05 Å². The number of halogens is 1. The molecule has 11 heavy (non-hydrogen) atoms. The van der Waals surface area contributed by atoms with E-state index < -0.39 is 0 Å². The standard InChI is InChI=1S/C4H8N6.ClH/c1-7-4-9-2(5)8-3(6)10-4;/h1H3,(H5,5,6,7,8,9,10);1H. The number of nitrogens with zero attached hydrogens (tertiary/aromatic N) is 3. The third-order valence-electron chi connectivity index (χ3n) is 0.894. The van der Waals surface area contributed by atoms with Crippen LogP contribution in [0.1, 0.15) is 0 Å². The summed E-state index contributed by atoms with van der Waals surface area (Å²) in [6.07, 6.45) is 0. The van der Waals surface area contributed by atoms with E-state index in [-0.39, 0.29) is 24.3 Å². The predicted octanol–water partition coefficient (Wildman–Crippen LogP) is -0.501. The Morgan fingerprint density at radius 1 is 1.09 bits per heavy atom. The molecule has 1 aromatic rings. The maximum absolute atomic E-state index is 5.25. The van der Waals surface area contributed by atoms with E-state index in [0.717, 1.165) is 0 Å². The van der Waals surface area contributed by atoms with Crippen LogP contribution in [-0.2, 0) is 0 Å². The summed E-state index contributed by atoms with van der Waals surface area (Å²) in [7, 11) is 1.67. The van der Waals surface area contributed by atoms with Gasteiger partial charge in [-0.25, -0.2) is 0 Å². The molecule has 0 fully saturated rings. The Kier molecular flexibility index (Phi) is 3.32. The lowest BCUT2D eigenvalue weighted by Gasteiger charge is -1.98. The normalized spacial score (nSPS) is 8.45. The number of hydrogen-bond acceptors (Lipinski definition) is 6. The molecule has 0 spiro atoms. The Morgan fingerprint density at radius 3 is 1.91 bits per heavy atom. The molecule has 0 aliphatic carbocycles. The minimum atomic E-state index is 0. The zero-order valence-corrected chi connectivity index (χ0v) is 6.72. The van der Waals surface area contributed by atoms with Crippen molar-refractivity contribution in [3.63, 3.8) is 0 Å². The second-order valence-electron chi connectivity index (χ2n) is 1.63. The summed E-state index contributed by atoms with van der Waals surface area (Å²) >= 11 is 0. The second kappa shape index (κ2) is 3.77. The molecule has 1 rings (SSSR count). The van der Waals surface area contributed by atoms with Crippen LogP contribution in [0.4, 0.5) is 17.8 Å². The molecule has 1 heterocycles. The summed E-state index contributed by atoms with van der Waals surface area (Å²) in [5.74, 6) is 0.624. The van der Waals surface area contributed by atoms with Crippen LogP contribution in [0.3, 0.4) is 0 Å². The summed E-state index contributed by atoms with van der Waals surface area (Å²) in [5.41, 5.74) is 10.5. The van der Waals surface area contributed by atoms with Gasteiger partial charge in [0.15, 0.2) is 0 Å². The van der Waals surface area contributed by atoms with Crippen molar-refractivity contribution in [3.05, 3.63) is 0 Å². The average Bonchev–Trinajstić information content (AvgIpc) is 1.85. The van der Waals surface area contributed by atoms with E-state index >= 15 is 0 Å². The predicted molar refractivity (Wildman–Crippen MR) is 45.4 cm³/mol. The van der Waals surface area contributed by atoms with E-state index in [1.807, 2.05) is 0 Å². The Hall–Kier alpha value is -1.30. The highest BCUT2D eigenvalue weighted by Crippen LogP contribution is 2.00. The topological polar surface area (TPSA) is 103 Å². The highest BCUT2D eigenvalue weighted by atomic mass is 35.5. The fourth-order valence-corrected chi connectivity index (χ4v) is 0.521. The molecule has 0 atom stereocenters. The van der Waals surface area contributed by atoms with Crippen molar-refractivity contribution in [1.82, 2.24) is 15.0 Å². The largest absolute Gasteiger partial charge is 0.368 e. The molecule has 0 aromatic carbocycles. The Morgan fingerprint density at radius 2 is 1.55 bits per heavy atom. The number of rotatable bonds is 1. The fourth-order valence-electron chi connectivity index (χ4n) is 0.521. The first-order chi connectivity index (χ1) is 4.72. The number of nitrogens with one attached hydrogen (secondary N) is 1. The van der Waals surface area contributed by atoms with Crippen LogP contribution < -0.4 is 16.8 Å². The van der Waals surface area contributed by atoms with Gasteiger partial charge in [0.2, 0.25) is 17.8 Å². The van der Waals surface area contributed by atoms with Gasteiger partial charge in [-0.05, 0) is 0 Å². The van der Waals surface area contributed by atoms with E-state index in [0.29, 0.717) is 5.95 Å². The molecule has 0 aliphatic rings. The van der Waals surface area contributed by atoms with Crippen molar-refractivity contribution in [2.45, 2.75) is 0 Å². The molecule has 0 bridgehead atoms. The van der Waals surface area contributed by atoms with Gasteiger partial charge in [0.05, 0.1) is 0 Å². The molecular weight excluding hydrogens is 168 g/mol. The van der Waals surface area contributed by atoms with Gasteiger partial charge in [-0.3, -0.25) is 0 Å². The number of nitrogens with two attached hydrogens (primary N) is 2. The fraction of sp³-hybridized carbons (Fsp3) is 0.250. The summed E-state index contributed by atoms with van der Waals surface area (Å²) in [4.78, 5) is 11.0. The first kappa shape index (κ1) is 9.70. The molecule has 0 saturated heterocycles. The Balaban J connectivity index is 0.000001000. The molecule has 6 nitrogen and oxygen atoms in total. The molecule has 1 aromatic heterocycles. The summed E-state index contributed by atoms with van der Waals surface area (Å²) < 4.78 is 0. The third-order valence-corrected chi connectivity index (χ3v) is 0.894. The van der Waals surface area contributed by atoms with Crippen LogP contribution in [0.5, 0.6) is 0 Å². The van der Waals surface area contributed by atoms with Crippen LogP contribution in [0.25, 0.3) is 0 Å². The van der Waals surface area contributed by atoms with Crippen molar-refractivity contribution in [1.29, 1.82) is 0 Å². The van der Waals surface area contributed by atoms with Crippen molar-refractivity contribution in [2.24, 2.45) is 0 Å². The van der Waals surface area contributed by atoms with Crippen LogP contribution >= 0.6 is 12.4 Å². The maximum Gasteiger partial charge on any atom is 0.229 e. The Labute approximate surface area is 69.8 Å². The zero-order chi connectivity index (χ0) is 7.56. The van der Waals surface area contributed by atoms with Crippen molar-refractivity contribution >= 4 is 30.3 Å². The van der Waals surface area contributed by atoms with Crippen LogP contribution in [0.15, 0.2) is 0 Å². The van der Waals surface area contributed by atoms with Gasteiger partial charge in [-0.15, -0.1) is 12.4 Å². The van der Waals surface area contributed by atoms with E-state index in [9.17, 15) is 0 Å². The van der Waals surface area contributed by atoms with Crippen molar-refractivity contribution < 1.29 is 0 Å². The highest BCUT2D eigenvalue weighted by Gasteiger charge is 1.96. The van der Waals surface area contributed by atoms with Crippen molar-refractivity contribution in [3.8, 4) is 0 Å². The molecule has 62 valence electrons. The van der Waals surface area contributed by atoms with E-state index in [1.165, 1.54) is 0 Å². The van der Waals surface area contributed by atoms with Crippen LogP contribution in [0, 0.1) is 0 Å². The first-order valence-electron chi connectivity index (χ1n) is 2.67. The molecule has 5 N–H and O–H groups in total. The number of anilines is 3. The van der Waals surface area contributed by atoms with Crippen LogP contribution in [0.2, 0.25) is 0 Å². The van der Waals surface area contributed by atoms with E-state index in [1.54, 1.807) is 7.05 Å². The maximum atomic E-state index is 5.25. The summed E-state index contributed by atoms with van der Waals surface area (Å²) in [6, 6.07) is 0. The van der Waals surface area contributed by atoms with E-state index in [2.05, 4.69) is 20.3 Å². The first-order valence-corrected chi connectivity index (χ1v) is 2.67. The number of aromatic nitrogens is 3. The minimum Gasteiger partial charge on any atom is -0.368 e. The molecule has 7 heteroatoms. The molecule has 0 radical (unpaired) electrons. The molecule has 0 amide bonds. The van der Waals surface area contributed by atoms with Crippen LogP contribution in [-0.4, -0.2) is 22.0 Å². The van der Waals surface area contributed by atoms with Gasteiger partial charge >= 0.3 is 0 Å². The number of hydrogen-bond donors (Lipinski definition) is 3. The van der Waals surface area contributed by atoms with Gasteiger partial charge < -0.3 is 16.8 Å². The summed E-state index contributed by atoms with van der Waals surface area (Å²) in [5, 5.41) is 2.69. The third kappa shape index (κ3) is 2.42. The summed E-state index contributed by atoms with van der Waals surface area (Å²) in [6.45, 7) is 0. The highest BCUT2D eigenvalue weighted by molar-refractivity contribution is 5.85. The van der Waals surface area contributed by atoms with Gasteiger partial charge in [0.25, 0.3) is 0 Å². The molecule has 0 saturated carbocycles. The lowest BCUT2D eigenvalue weighted by atomic mass is 10.8. The lowest BCUT2D eigenvalue weighted by Crippen LogP contribution is -2.06. The SMILES string of the molecule is CNc1nc(N)nc(N)n1.Cl. The smallest absolute Gasteiger partial charge is 0.229 e.